The van der Waals surface area contributed by atoms with Crippen LogP contribution in [0.15, 0.2) is 140 Å². The third-order valence-corrected chi connectivity index (χ3v) is 12.2. The predicted octanol–water partition coefficient (Wildman–Crippen LogP) is 11.4. The third kappa shape index (κ3) is 12.1. The Hall–Kier alpha value is -7.19. The Bertz CT molecular complexity index is 2930. The highest BCUT2D eigenvalue weighted by Crippen LogP contribution is 2.43. The summed E-state index contributed by atoms with van der Waals surface area (Å²) >= 11 is 0. The van der Waals surface area contributed by atoms with Gasteiger partial charge in [-0.05, 0) is 104 Å². The highest BCUT2D eigenvalue weighted by atomic mass is 19.1. The SMILES string of the molecule is CC(C)c1c(C(=O)Nc2ccccc2)c(-c2ccccc2)c(-c2ccc(F)cc2)n1CC[C@@H](O)C[C@H](CC(=O)O)OC(=O)C[C@@H](O)C[C@@H](O)C=Cc1c(-c2ccc(F)cc2)c2ccccc2n1C(C)C. The van der Waals surface area contributed by atoms with Gasteiger partial charge in [-0.3, -0.25) is 14.4 Å². The molecule has 5 N–H and O–H groups in total. The molecule has 2 aromatic heterocycles. The number of hydrogen-bond acceptors (Lipinski definition) is 7. The van der Waals surface area contributed by atoms with Gasteiger partial charge in [0, 0.05) is 64.5 Å². The number of carbonyl (C=O) groups is 3. The predicted molar refractivity (Wildman–Crippen MR) is 269 cm³/mol. The number of amides is 1. The summed E-state index contributed by atoms with van der Waals surface area (Å²) in [6, 6.07) is 38.4. The number of carboxylic acids is 1. The second kappa shape index (κ2) is 22.9. The fourth-order valence-corrected chi connectivity index (χ4v) is 9.27. The van der Waals surface area contributed by atoms with Crippen molar-refractivity contribution in [2.24, 2.45) is 0 Å². The number of nitrogens with one attached hydrogen (secondary N) is 1. The van der Waals surface area contributed by atoms with E-state index in [-0.39, 0.29) is 49.5 Å². The first-order chi connectivity index (χ1) is 33.6. The van der Waals surface area contributed by atoms with E-state index in [0.29, 0.717) is 33.8 Å². The van der Waals surface area contributed by atoms with Crippen molar-refractivity contribution < 1.29 is 48.3 Å². The van der Waals surface area contributed by atoms with E-state index in [0.717, 1.165) is 33.3 Å². The molecule has 364 valence electrons. The minimum atomic E-state index is -1.37. The van der Waals surface area contributed by atoms with Crippen molar-refractivity contribution in [3.8, 4) is 33.5 Å². The van der Waals surface area contributed by atoms with Crippen molar-refractivity contribution in [3.63, 3.8) is 0 Å². The lowest BCUT2D eigenvalue weighted by Crippen LogP contribution is -2.29. The molecule has 1 amide bonds. The van der Waals surface area contributed by atoms with E-state index in [1.54, 1.807) is 42.5 Å². The number of aliphatic hydroxyl groups is 3. The van der Waals surface area contributed by atoms with E-state index >= 15 is 0 Å². The number of carboxylic acid groups (broad SMARTS) is 1. The van der Waals surface area contributed by atoms with E-state index in [1.165, 1.54) is 30.3 Å². The number of rotatable bonds is 21. The number of aromatic nitrogens is 2. The second-order valence-corrected chi connectivity index (χ2v) is 18.1. The number of ether oxygens (including phenoxy) is 1. The van der Waals surface area contributed by atoms with Crippen LogP contribution in [0.2, 0.25) is 0 Å². The van der Waals surface area contributed by atoms with E-state index in [4.69, 9.17) is 4.74 Å². The standard InChI is InChI=1S/C57H59F2N3O8/c1-35(2)55-54(57(69)60-42-15-9-6-10-16-42)53(37-13-7-5-8-14-37)56(39-21-25-41(59)26-22-39)61(55)30-29-44(64)32-46(34-50(66)67)70-51(68)33-45(65)31-43(63)27-28-49-52(38-19-23-40(58)24-20-38)47-17-11-12-18-48(47)62(49)36(3)4/h5-28,35-36,43-46,63-65H,29-34H2,1-4H3,(H,60,69)(H,66,67)/t43-,44+,45-,46+/m0/s1. The maximum atomic E-state index is 14.5. The number of nitrogens with zero attached hydrogens (tertiary/aromatic N) is 2. The van der Waals surface area contributed by atoms with Crippen LogP contribution in [0, 0.1) is 11.6 Å². The number of carbonyl (C=O) groups excluding carboxylic acids is 2. The topological polar surface area (TPSA) is 163 Å². The second-order valence-electron chi connectivity index (χ2n) is 18.1. The molecule has 4 atom stereocenters. The van der Waals surface area contributed by atoms with Gasteiger partial charge in [-0.15, -0.1) is 0 Å². The molecule has 7 aromatic rings. The van der Waals surface area contributed by atoms with Gasteiger partial charge in [-0.2, -0.15) is 0 Å². The van der Waals surface area contributed by atoms with E-state index in [9.17, 15) is 43.6 Å². The lowest BCUT2D eigenvalue weighted by molar-refractivity contribution is -0.156. The van der Waals surface area contributed by atoms with Crippen molar-refractivity contribution in [3.05, 3.63) is 168 Å². The normalized spacial score (nSPS) is 13.5. The number of fused-ring (bicyclic) bond motifs is 1. The number of aliphatic hydroxyl groups excluding tert-OH is 3. The fourth-order valence-electron chi connectivity index (χ4n) is 9.27. The van der Waals surface area contributed by atoms with Gasteiger partial charge in [0.2, 0.25) is 0 Å². The highest BCUT2D eigenvalue weighted by molar-refractivity contribution is 6.12. The zero-order valence-electron chi connectivity index (χ0n) is 39.6. The van der Waals surface area contributed by atoms with Gasteiger partial charge in [0.15, 0.2) is 0 Å². The largest absolute Gasteiger partial charge is 0.481 e. The summed E-state index contributed by atoms with van der Waals surface area (Å²) < 4.78 is 38.0. The Morgan fingerprint density at radius 1 is 0.686 bits per heavy atom. The first-order valence-corrected chi connectivity index (χ1v) is 23.6. The maximum Gasteiger partial charge on any atom is 0.308 e. The molecule has 0 saturated heterocycles. The number of para-hydroxylation sites is 2. The molecule has 0 unspecified atom stereocenters. The van der Waals surface area contributed by atoms with Crippen LogP contribution in [-0.2, 0) is 20.9 Å². The summed E-state index contributed by atoms with van der Waals surface area (Å²) in [5.41, 5.74) is 7.60. The molecule has 0 fully saturated rings. The van der Waals surface area contributed by atoms with Crippen molar-refractivity contribution >= 4 is 40.5 Å². The lowest BCUT2D eigenvalue weighted by Gasteiger charge is -2.22. The van der Waals surface area contributed by atoms with Crippen LogP contribution in [0.1, 0.15) is 93.5 Å². The third-order valence-electron chi connectivity index (χ3n) is 12.2. The van der Waals surface area contributed by atoms with Crippen LogP contribution in [-0.4, -0.2) is 71.8 Å². The van der Waals surface area contributed by atoms with Crippen LogP contribution in [0.5, 0.6) is 0 Å². The number of halogens is 2. The van der Waals surface area contributed by atoms with Crippen LogP contribution in [0.4, 0.5) is 14.5 Å². The summed E-state index contributed by atoms with van der Waals surface area (Å²) in [6.07, 6.45) is -3.37. The molecule has 11 nitrogen and oxygen atoms in total. The Morgan fingerprint density at radius 3 is 1.89 bits per heavy atom. The van der Waals surface area contributed by atoms with Gasteiger partial charge in [-0.1, -0.05) is 98.8 Å². The Labute approximate surface area is 406 Å². The van der Waals surface area contributed by atoms with Gasteiger partial charge in [0.1, 0.15) is 17.7 Å². The summed E-state index contributed by atoms with van der Waals surface area (Å²) in [6.45, 7) is 8.11. The average molecular weight is 952 g/mol. The summed E-state index contributed by atoms with van der Waals surface area (Å²) in [5.74, 6) is -3.57. The van der Waals surface area contributed by atoms with Gasteiger partial charge in [0.25, 0.3) is 5.91 Å². The first-order valence-electron chi connectivity index (χ1n) is 23.6. The fraction of sp³-hybridized carbons (Fsp3) is 0.281. The number of hydrogen-bond donors (Lipinski definition) is 5. The monoisotopic (exact) mass is 951 g/mol. The summed E-state index contributed by atoms with van der Waals surface area (Å²) in [4.78, 5) is 39.7. The van der Waals surface area contributed by atoms with Crippen LogP contribution in [0.3, 0.4) is 0 Å². The molecule has 13 heteroatoms. The maximum absolute atomic E-state index is 14.5. The van der Waals surface area contributed by atoms with Crippen molar-refractivity contribution in [1.82, 2.24) is 9.13 Å². The number of aliphatic carboxylic acids is 1. The molecule has 0 aliphatic carbocycles. The Morgan fingerprint density at radius 2 is 1.27 bits per heavy atom. The summed E-state index contributed by atoms with van der Waals surface area (Å²) in [5, 5.41) is 47.4. The molecule has 0 spiro atoms. The molecule has 0 saturated carbocycles. The lowest BCUT2D eigenvalue weighted by atomic mass is 9.94. The van der Waals surface area contributed by atoms with E-state index in [2.05, 4.69) is 9.88 Å². The van der Waals surface area contributed by atoms with Gasteiger partial charge in [-0.25, -0.2) is 8.78 Å². The van der Waals surface area contributed by atoms with Gasteiger partial charge >= 0.3 is 11.9 Å². The molecule has 0 bridgehead atoms. The minimum absolute atomic E-state index is 0.0116. The summed E-state index contributed by atoms with van der Waals surface area (Å²) in [7, 11) is 0. The number of anilines is 1. The molecule has 2 heterocycles. The van der Waals surface area contributed by atoms with Crippen LogP contribution >= 0.6 is 0 Å². The first kappa shape index (κ1) is 50.7. The van der Waals surface area contributed by atoms with Crippen LogP contribution in [0.25, 0.3) is 50.5 Å². The smallest absolute Gasteiger partial charge is 0.308 e. The van der Waals surface area contributed by atoms with Gasteiger partial charge in [0.05, 0.1) is 42.4 Å². The Kier molecular flexibility index (Phi) is 16.6. The minimum Gasteiger partial charge on any atom is -0.481 e. The van der Waals surface area contributed by atoms with E-state index < -0.39 is 55.0 Å². The molecule has 70 heavy (non-hydrogen) atoms. The quantitative estimate of drug-likeness (QED) is 0.0445. The molecular weight excluding hydrogens is 893 g/mol. The van der Waals surface area contributed by atoms with Crippen molar-refractivity contribution in [2.75, 3.05) is 5.32 Å². The molecule has 7 rings (SSSR count). The zero-order chi connectivity index (χ0) is 50.1. The molecule has 5 aromatic carbocycles. The molecular formula is C57H59F2N3O8. The number of benzene rings is 5. The number of esters is 1. The van der Waals surface area contributed by atoms with Crippen molar-refractivity contribution in [1.29, 1.82) is 0 Å². The molecule has 0 aliphatic heterocycles. The zero-order valence-corrected chi connectivity index (χ0v) is 39.6. The van der Waals surface area contributed by atoms with Gasteiger partial charge < -0.3 is 39.6 Å². The highest BCUT2D eigenvalue weighted by Gasteiger charge is 2.32. The average Bonchev–Trinajstić information content (AvgIpc) is 3.85. The molecule has 0 aliphatic rings. The van der Waals surface area contributed by atoms with Crippen LogP contribution < -0.4 is 5.32 Å². The van der Waals surface area contributed by atoms with E-state index in [1.807, 2.05) is 105 Å². The van der Waals surface area contributed by atoms with Crippen molar-refractivity contribution in [2.45, 2.75) is 103 Å². The molecule has 0 radical (unpaired) electrons. The Balaban J connectivity index is 1.08.